The van der Waals surface area contributed by atoms with Gasteiger partial charge in [0.05, 0.1) is 17.0 Å². The molecule has 2 fully saturated rings. The average Bonchev–Trinajstić information content (AvgIpc) is 3.04. The molecule has 0 radical (unpaired) electrons. The van der Waals surface area contributed by atoms with Crippen molar-refractivity contribution >= 4 is 0 Å². The molecule has 1 aromatic rings. The molecular formula is C15H26N4O. The highest BCUT2D eigenvalue weighted by Gasteiger charge is 2.39. The van der Waals surface area contributed by atoms with Gasteiger partial charge in [-0.05, 0) is 39.5 Å². The molecule has 1 aromatic heterocycles. The molecule has 5 heteroatoms. The van der Waals surface area contributed by atoms with E-state index in [2.05, 4.69) is 22.6 Å². The summed E-state index contributed by atoms with van der Waals surface area (Å²) in [7, 11) is 0. The Hall–Kier alpha value is -0.940. The fourth-order valence-corrected chi connectivity index (χ4v) is 3.70. The maximum atomic E-state index is 6.09. The first-order valence-electron chi connectivity index (χ1n) is 7.99. The third kappa shape index (κ3) is 2.74. The quantitative estimate of drug-likeness (QED) is 0.917. The standard InChI is InChI=1S/C15H26N4O/c1-3-19-14(12(2)17-18-19)11-16-13-6-9-20-15(10-13)7-4-5-8-15/h13,16H,3-11H2,1-2H3. The van der Waals surface area contributed by atoms with Crippen molar-refractivity contribution in [3.05, 3.63) is 11.4 Å². The van der Waals surface area contributed by atoms with Gasteiger partial charge in [-0.2, -0.15) is 0 Å². The second-order valence-corrected chi connectivity index (χ2v) is 6.25. The van der Waals surface area contributed by atoms with Crippen LogP contribution in [0.25, 0.3) is 0 Å². The normalized spacial score (nSPS) is 25.4. The molecule has 3 rings (SSSR count). The molecule has 1 unspecified atom stereocenters. The monoisotopic (exact) mass is 278 g/mol. The Morgan fingerprint density at radius 2 is 2.20 bits per heavy atom. The van der Waals surface area contributed by atoms with Crippen LogP contribution in [0, 0.1) is 6.92 Å². The molecule has 112 valence electrons. The molecule has 2 aliphatic rings. The third-order valence-corrected chi connectivity index (χ3v) is 4.90. The van der Waals surface area contributed by atoms with Gasteiger partial charge in [0.1, 0.15) is 0 Å². The van der Waals surface area contributed by atoms with Crippen LogP contribution >= 0.6 is 0 Å². The lowest BCUT2D eigenvalue weighted by Crippen LogP contribution is -2.45. The summed E-state index contributed by atoms with van der Waals surface area (Å²) >= 11 is 0. The van der Waals surface area contributed by atoms with Gasteiger partial charge in [-0.1, -0.05) is 18.1 Å². The summed E-state index contributed by atoms with van der Waals surface area (Å²) in [4.78, 5) is 0. The summed E-state index contributed by atoms with van der Waals surface area (Å²) in [5.41, 5.74) is 2.45. The number of hydrogen-bond acceptors (Lipinski definition) is 4. The second-order valence-electron chi connectivity index (χ2n) is 6.25. The SMILES string of the molecule is CCn1nnc(C)c1CNC1CCOC2(CCCC2)C1. The molecule has 5 nitrogen and oxygen atoms in total. The van der Waals surface area contributed by atoms with E-state index in [1.165, 1.54) is 37.8 Å². The van der Waals surface area contributed by atoms with E-state index >= 15 is 0 Å². The minimum atomic E-state index is 0.189. The molecule has 1 N–H and O–H groups in total. The van der Waals surface area contributed by atoms with Gasteiger partial charge in [-0.15, -0.1) is 5.10 Å². The molecule has 1 aliphatic carbocycles. The van der Waals surface area contributed by atoms with Gasteiger partial charge in [0.2, 0.25) is 0 Å². The fraction of sp³-hybridized carbons (Fsp3) is 0.867. The lowest BCUT2D eigenvalue weighted by Gasteiger charge is -2.38. The van der Waals surface area contributed by atoms with E-state index in [0.717, 1.165) is 31.8 Å². The molecular weight excluding hydrogens is 252 g/mol. The lowest BCUT2D eigenvalue weighted by atomic mass is 9.89. The van der Waals surface area contributed by atoms with E-state index in [4.69, 9.17) is 4.74 Å². The van der Waals surface area contributed by atoms with E-state index in [9.17, 15) is 0 Å². The maximum Gasteiger partial charge on any atom is 0.0841 e. The lowest BCUT2D eigenvalue weighted by molar-refractivity contribution is -0.0838. The van der Waals surface area contributed by atoms with Crippen molar-refractivity contribution in [3.63, 3.8) is 0 Å². The first-order valence-corrected chi connectivity index (χ1v) is 7.99. The maximum absolute atomic E-state index is 6.09. The summed E-state index contributed by atoms with van der Waals surface area (Å²) in [6.45, 7) is 6.81. The van der Waals surface area contributed by atoms with Crippen LogP contribution in [0.2, 0.25) is 0 Å². The van der Waals surface area contributed by atoms with Crippen molar-refractivity contribution in [3.8, 4) is 0 Å². The average molecular weight is 278 g/mol. The Kier molecular flexibility index (Phi) is 4.08. The van der Waals surface area contributed by atoms with Gasteiger partial charge in [0.15, 0.2) is 0 Å². The Morgan fingerprint density at radius 3 is 2.95 bits per heavy atom. The van der Waals surface area contributed by atoms with Crippen molar-refractivity contribution in [1.29, 1.82) is 0 Å². The van der Waals surface area contributed by atoms with Crippen LogP contribution in [-0.4, -0.2) is 33.2 Å². The predicted molar refractivity (Wildman–Crippen MR) is 77.4 cm³/mol. The molecule has 2 heterocycles. The first kappa shape index (κ1) is 14.0. The molecule has 1 spiro atoms. The number of nitrogens with one attached hydrogen (secondary N) is 1. The van der Waals surface area contributed by atoms with Crippen LogP contribution in [0.1, 0.15) is 56.8 Å². The van der Waals surface area contributed by atoms with E-state index < -0.39 is 0 Å². The number of rotatable bonds is 4. The third-order valence-electron chi connectivity index (χ3n) is 4.90. The molecule has 20 heavy (non-hydrogen) atoms. The van der Waals surface area contributed by atoms with Gasteiger partial charge in [0.25, 0.3) is 0 Å². The summed E-state index contributed by atoms with van der Waals surface area (Å²) in [6.07, 6.45) is 7.45. The highest BCUT2D eigenvalue weighted by atomic mass is 16.5. The smallest absolute Gasteiger partial charge is 0.0841 e. The van der Waals surface area contributed by atoms with E-state index in [1.54, 1.807) is 0 Å². The number of aromatic nitrogens is 3. The summed E-state index contributed by atoms with van der Waals surface area (Å²) in [5, 5.41) is 12.1. The van der Waals surface area contributed by atoms with Gasteiger partial charge in [0, 0.05) is 25.7 Å². The van der Waals surface area contributed by atoms with Gasteiger partial charge < -0.3 is 10.1 Å². The molecule has 1 saturated heterocycles. The van der Waals surface area contributed by atoms with Crippen LogP contribution in [0.15, 0.2) is 0 Å². The first-order chi connectivity index (χ1) is 9.72. The van der Waals surface area contributed by atoms with Gasteiger partial charge in [-0.25, -0.2) is 4.68 Å². The molecule has 1 saturated carbocycles. The zero-order chi connectivity index (χ0) is 14.0. The van der Waals surface area contributed by atoms with Crippen molar-refractivity contribution in [2.45, 2.75) is 77.1 Å². The molecule has 0 bridgehead atoms. The zero-order valence-corrected chi connectivity index (χ0v) is 12.7. The van der Waals surface area contributed by atoms with E-state index in [0.29, 0.717) is 6.04 Å². The molecule has 1 aliphatic heterocycles. The van der Waals surface area contributed by atoms with Crippen LogP contribution in [0.4, 0.5) is 0 Å². The van der Waals surface area contributed by atoms with Crippen molar-refractivity contribution in [1.82, 2.24) is 20.3 Å². The summed E-state index contributed by atoms with van der Waals surface area (Å²) in [5.74, 6) is 0. The summed E-state index contributed by atoms with van der Waals surface area (Å²) < 4.78 is 8.09. The van der Waals surface area contributed by atoms with Crippen LogP contribution in [-0.2, 0) is 17.8 Å². The highest BCUT2D eigenvalue weighted by Crippen LogP contribution is 2.39. The minimum absolute atomic E-state index is 0.189. The highest BCUT2D eigenvalue weighted by molar-refractivity contribution is 5.08. The Balaban J connectivity index is 1.59. The largest absolute Gasteiger partial charge is 0.375 e. The van der Waals surface area contributed by atoms with E-state index in [1.807, 2.05) is 11.6 Å². The zero-order valence-electron chi connectivity index (χ0n) is 12.7. The molecule has 0 amide bonds. The minimum Gasteiger partial charge on any atom is -0.375 e. The Labute approximate surface area is 121 Å². The number of ether oxygens (including phenoxy) is 1. The fourth-order valence-electron chi connectivity index (χ4n) is 3.70. The predicted octanol–water partition coefficient (Wildman–Crippen LogP) is 2.19. The van der Waals surface area contributed by atoms with E-state index in [-0.39, 0.29) is 5.60 Å². The van der Waals surface area contributed by atoms with Crippen LogP contribution in [0.3, 0.4) is 0 Å². The molecule has 1 atom stereocenters. The van der Waals surface area contributed by atoms with Crippen molar-refractivity contribution in [2.24, 2.45) is 0 Å². The number of nitrogens with zero attached hydrogens (tertiary/aromatic N) is 3. The summed E-state index contributed by atoms with van der Waals surface area (Å²) in [6, 6.07) is 0.571. The Bertz CT molecular complexity index is 451. The topological polar surface area (TPSA) is 52.0 Å². The number of hydrogen-bond donors (Lipinski definition) is 1. The van der Waals surface area contributed by atoms with Crippen molar-refractivity contribution < 1.29 is 4.74 Å². The van der Waals surface area contributed by atoms with Crippen LogP contribution < -0.4 is 5.32 Å². The number of aryl methyl sites for hydroxylation is 2. The second kappa shape index (κ2) is 5.82. The van der Waals surface area contributed by atoms with Crippen molar-refractivity contribution in [2.75, 3.05) is 6.61 Å². The van der Waals surface area contributed by atoms with Gasteiger partial charge in [-0.3, -0.25) is 0 Å². The molecule has 0 aromatic carbocycles. The van der Waals surface area contributed by atoms with Crippen LogP contribution in [0.5, 0.6) is 0 Å². The van der Waals surface area contributed by atoms with Gasteiger partial charge >= 0.3 is 0 Å². The Morgan fingerprint density at radius 1 is 1.40 bits per heavy atom.